The molecule has 0 spiro atoms. The summed E-state index contributed by atoms with van der Waals surface area (Å²) in [5, 5.41) is 9.75. The number of benzene rings is 1. The lowest BCUT2D eigenvalue weighted by atomic mass is 10.1. The van der Waals surface area contributed by atoms with Crippen molar-refractivity contribution in [3.05, 3.63) is 58.4 Å². The molecule has 1 aromatic carbocycles. The molecule has 9 heteroatoms. The Morgan fingerprint density at radius 2 is 1.30 bits per heavy atom. The first-order valence-corrected chi connectivity index (χ1v) is 11.3. The number of carbonyl (C=O) groups excluding carboxylic acids is 3. The van der Waals surface area contributed by atoms with Crippen molar-refractivity contribution in [3.8, 4) is 6.07 Å². The van der Waals surface area contributed by atoms with Gasteiger partial charge in [-0.2, -0.15) is 5.26 Å². The number of amides is 4. The summed E-state index contributed by atoms with van der Waals surface area (Å²) in [5.41, 5.74) is 2.17. The van der Waals surface area contributed by atoms with Crippen LogP contribution in [0.3, 0.4) is 0 Å². The molecule has 0 unspecified atom stereocenters. The lowest BCUT2D eigenvalue weighted by Crippen LogP contribution is -2.56. The summed E-state index contributed by atoms with van der Waals surface area (Å²) < 4.78 is 0. The van der Waals surface area contributed by atoms with Crippen LogP contribution in [0.1, 0.15) is 33.3 Å². The van der Waals surface area contributed by atoms with Gasteiger partial charge in [0, 0.05) is 26.2 Å². The van der Waals surface area contributed by atoms with Gasteiger partial charge in [-0.1, -0.05) is 23.8 Å². The molecule has 172 valence electrons. The van der Waals surface area contributed by atoms with Gasteiger partial charge in [0.05, 0.1) is 22.0 Å². The average Bonchev–Trinajstić information content (AvgIpc) is 3.09. The van der Waals surface area contributed by atoms with E-state index < -0.39 is 17.8 Å². The maximum absolute atomic E-state index is 12.6. The van der Waals surface area contributed by atoms with E-state index in [4.69, 9.17) is 11.6 Å². The Morgan fingerprint density at radius 3 is 1.79 bits per heavy atom. The number of nitriles is 1. The van der Waals surface area contributed by atoms with Gasteiger partial charge in [0.15, 0.2) is 0 Å². The van der Waals surface area contributed by atoms with Gasteiger partial charge >= 0.3 is 6.03 Å². The highest BCUT2D eigenvalue weighted by Crippen LogP contribution is 2.44. The lowest BCUT2D eigenvalue weighted by Gasteiger charge is -2.32. The summed E-state index contributed by atoms with van der Waals surface area (Å²) in [6.07, 6.45) is 6.69. The summed E-state index contributed by atoms with van der Waals surface area (Å²) in [4.78, 5) is 43.8. The zero-order chi connectivity index (χ0) is 24.3. The molecule has 8 nitrogen and oxygen atoms in total. The minimum absolute atomic E-state index is 0.0483. The highest BCUT2D eigenvalue weighted by molar-refractivity contribution is 6.32. The van der Waals surface area contributed by atoms with Gasteiger partial charge in [-0.25, -0.2) is 4.79 Å². The van der Waals surface area contributed by atoms with Crippen LogP contribution in [0.15, 0.2) is 47.8 Å². The number of imide groups is 2. The maximum atomic E-state index is 12.6. The normalized spacial score (nSPS) is 17.5. The fourth-order valence-electron chi connectivity index (χ4n) is 4.00. The third kappa shape index (κ3) is 4.12. The summed E-state index contributed by atoms with van der Waals surface area (Å²) in [6.45, 7) is 9.15. The van der Waals surface area contributed by atoms with E-state index in [2.05, 4.69) is 15.9 Å². The molecule has 4 amide bonds. The maximum Gasteiger partial charge on any atom is 0.333 e. The van der Waals surface area contributed by atoms with Crippen LogP contribution in [0.25, 0.3) is 0 Å². The van der Waals surface area contributed by atoms with Crippen LogP contribution in [-0.2, 0) is 9.59 Å². The second-order valence-electron chi connectivity index (χ2n) is 7.29. The Morgan fingerprint density at radius 1 is 0.818 bits per heavy atom. The Bertz CT molecular complexity index is 1100. The van der Waals surface area contributed by atoms with Crippen molar-refractivity contribution in [2.75, 3.05) is 36.0 Å². The van der Waals surface area contributed by atoms with E-state index in [1.165, 1.54) is 6.08 Å². The molecule has 0 atom stereocenters. The predicted molar refractivity (Wildman–Crippen MR) is 128 cm³/mol. The Hall–Kier alpha value is -3.57. The van der Waals surface area contributed by atoms with Gasteiger partial charge < -0.3 is 9.80 Å². The Labute approximate surface area is 198 Å². The average molecular weight is 468 g/mol. The van der Waals surface area contributed by atoms with Crippen LogP contribution in [0.2, 0.25) is 5.02 Å². The molecular formula is C24H26ClN5O3. The van der Waals surface area contributed by atoms with Crippen LogP contribution in [0, 0.1) is 11.3 Å². The monoisotopic (exact) mass is 467 g/mol. The molecule has 1 saturated heterocycles. The van der Waals surface area contributed by atoms with E-state index in [1.807, 2.05) is 19.9 Å². The topological polar surface area (TPSA) is 88.0 Å². The Balaban J connectivity index is 1.94. The number of fused-ring (bicyclic) bond motifs is 1. The molecule has 0 bridgehead atoms. The van der Waals surface area contributed by atoms with Crippen molar-refractivity contribution in [2.24, 2.45) is 0 Å². The number of nitrogens with zero attached hydrogens (tertiary/aromatic N) is 5. The molecule has 33 heavy (non-hydrogen) atoms. The number of carbonyl (C=O) groups is 3. The molecule has 3 rings (SSSR count). The number of halogens is 1. The van der Waals surface area contributed by atoms with Gasteiger partial charge in [-0.3, -0.25) is 19.4 Å². The molecule has 2 aliphatic heterocycles. The number of hydrogen-bond donors (Lipinski definition) is 0. The lowest BCUT2D eigenvalue weighted by molar-refractivity contribution is -0.135. The van der Waals surface area contributed by atoms with Gasteiger partial charge in [-0.15, -0.1) is 0 Å². The van der Waals surface area contributed by atoms with Crippen molar-refractivity contribution in [1.29, 1.82) is 5.26 Å². The molecule has 0 aromatic heterocycles. The van der Waals surface area contributed by atoms with Crippen molar-refractivity contribution in [3.63, 3.8) is 0 Å². The molecule has 0 radical (unpaired) electrons. The summed E-state index contributed by atoms with van der Waals surface area (Å²) in [7, 11) is 0. The summed E-state index contributed by atoms with van der Waals surface area (Å²) in [5.74, 6) is -0.295. The summed E-state index contributed by atoms with van der Waals surface area (Å²) >= 11 is 6.26. The molecule has 1 fully saturated rings. The predicted octanol–water partition coefficient (Wildman–Crippen LogP) is 4.03. The number of hydrogen-bond acceptors (Lipinski definition) is 6. The quantitative estimate of drug-likeness (QED) is 0.463. The fraction of sp³-hybridized carbons (Fsp3) is 0.333. The van der Waals surface area contributed by atoms with Crippen LogP contribution >= 0.6 is 11.6 Å². The summed E-state index contributed by atoms with van der Waals surface area (Å²) in [6, 6.07) is 5.11. The smallest absolute Gasteiger partial charge is 0.326 e. The molecule has 0 N–H and O–H groups in total. The number of likely N-dealkylation sites (N-methyl/N-ethyl adjacent to an activating group) is 2. The SMILES string of the molecule is CCN1C(=O)C(=C/C=C/C=C2/N(CC)c3cc(Cl)c(C#N)cc3N2CC)C(=O)N(CC)C1=O. The van der Waals surface area contributed by atoms with E-state index in [0.717, 1.165) is 27.0 Å². The Kier molecular flexibility index (Phi) is 7.24. The number of urea groups is 1. The third-order valence-corrected chi connectivity index (χ3v) is 5.93. The molecule has 1 aromatic rings. The number of rotatable bonds is 6. The van der Waals surface area contributed by atoms with Crippen LogP contribution in [-0.4, -0.2) is 53.8 Å². The number of barbiturate groups is 1. The van der Waals surface area contributed by atoms with Gasteiger partial charge in [-0.05, 0) is 52.0 Å². The first-order valence-electron chi connectivity index (χ1n) is 10.9. The molecule has 0 aliphatic carbocycles. The number of allylic oxidation sites excluding steroid dienone is 4. The first kappa shape index (κ1) is 24.1. The van der Waals surface area contributed by atoms with Gasteiger partial charge in [0.2, 0.25) is 0 Å². The van der Waals surface area contributed by atoms with Crippen molar-refractivity contribution in [1.82, 2.24) is 9.80 Å². The van der Waals surface area contributed by atoms with Crippen LogP contribution in [0.4, 0.5) is 16.2 Å². The molecule has 2 heterocycles. The zero-order valence-corrected chi connectivity index (χ0v) is 19.9. The first-order chi connectivity index (χ1) is 15.8. The van der Waals surface area contributed by atoms with Crippen LogP contribution < -0.4 is 9.80 Å². The minimum atomic E-state index is -0.591. The van der Waals surface area contributed by atoms with E-state index >= 15 is 0 Å². The second-order valence-corrected chi connectivity index (χ2v) is 7.70. The van der Waals surface area contributed by atoms with E-state index in [0.29, 0.717) is 23.7 Å². The highest BCUT2D eigenvalue weighted by atomic mass is 35.5. The van der Waals surface area contributed by atoms with E-state index in [1.54, 1.807) is 38.1 Å². The van der Waals surface area contributed by atoms with Crippen molar-refractivity contribution < 1.29 is 14.4 Å². The van der Waals surface area contributed by atoms with Crippen LogP contribution in [0.5, 0.6) is 0 Å². The molecular weight excluding hydrogens is 442 g/mol. The number of anilines is 2. The standard InChI is InChI=1S/C24H26ClN5O3/c1-5-27-19-13-16(15-26)18(25)14-20(19)28(6-2)21(27)12-10-9-11-17-22(31)29(7-3)24(33)30(8-4)23(17)32/h9-14H,5-8H2,1-4H3/b10-9+,21-12+. The minimum Gasteiger partial charge on any atom is -0.326 e. The fourth-order valence-corrected chi connectivity index (χ4v) is 4.20. The van der Waals surface area contributed by atoms with Crippen molar-refractivity contribution >= 4 is 40.8 Å². The van der Waals surface area contributed by atoms with E-state index in [-0.39, 0.29) is 18.7 Å². The molecule has 2 aliphatic rings. The largest absolute Gasteiger partial charge is 0.333 e. The highest BCUT2D eigenvalue weighted by Gasteiger charge is 2.40. The van der Waals surface area contributed by atoms with Gasteiger partial charge in [0.1, 0.15) is 17.5 Å². The van der Waals surface area contributed by atoms with E-state index in [9.17, 15) is 19.6 Å². The third-order valence-electron chi connectivity index (χ3n) is 5.62. The second kappa shape index (κ2) is 9.92. The van der Waals surface area contributed by atoms with Crippen molar-refractivity contribution in [2.45, 2.75) is 27.7 Å². The molecule has 0 saturated carbocycles. The van der Waals surface area contributed by atoms with Gasteiger partial charge in [0.25, 0.3) is 11.8 Å². The zero-order valence-electron chi connectivity index (χ0n) is 19.1.